The first-order chi connectivity index (χ1) is 13.0. The maximum absolute atomic E-state index is 13.3. The lowest BCUT2D eigenvalue weighted by Crippen LogP contribution is -2.29. The summed E-state index contributed by atoms with van der Waals surface area (Å²) in [5, 5.41) is 0. The normalized spacial score (nSPS) is 20.8. The molecule has 4 rings (SSSR count). The Morgan fingerprint density at radius 2 is 1.93 bits per heavy atom. The number of carbonyl (C=O) groups excluding carboxylic acids is 1. The number of nitrogens with zero attached hydrogens (tertiary/aromatic N) is 2. The number of fused-ring (bicyclic) bond motifs is 3. The molecule has 2 aliphatic rings. The molecule has 0 unspecified atom stereocenters. The average Bonchev–Trinajstić information content (AvgIpc) is 3.11. The minimum absolute atomic E-state index is 0.0490. The highest BCUT2D eigenvalue weighted by atomic mass is 16.5. The van der Waals surface area contributed by atoms with Gasteiger partial charge in [0.15, 0.2) is 0 Å². The van der Waals surface area contributed by atoms with Crippen LogP contribution >= 0.6 is 0 Å². The van der Waals surface area contributed by atoms with Crippen molar-refractivity contribution in [1.29, 1.82) is 0 Å². The molecule has 1 aliphatic heterocycles. The molecule has 0 radical (unpaired) electrons. The molecule has 27 heavy (non-hydrogen) atoms. The molecule has 1 aliphatic carbocycles. The quantitative estimate of drug-likeness (QED) is 0.893. The van der Waals surface area contributed by atoms with Gasteiger partial charge in [0.05, 0.1) is 19.9 Å². The Kier molecular flexibility index (Phi) is 4.37. The minimum Gasteiger partial charge on any atom is -0.496 e. The van der Waals surface area contributed by atoms with E-state index in [4.69, 9.17) is 9.47 Å². The molecule has 2 atom stereocenters. The Hall–Kier alpha value is -2.83. The van der Waals surface area contributed by atoms with Gasteiger partial charge in [0.2, 0.25) is 0 Å². The smallest absolute Gasteiger partial charge is 0.261 e. The van der Waals surface area contributed by atoms with E-state index in [0.29, 0.717) is 48.3 Å². The van der Waals surface area contributed by atoms with E-state index in [2.05, 4.69) is 9.97 Å². The number of ether oxygens (including phenoxy) is 2. The first kappa shape index (κ1) is 17.6. The molecule has 2 aromatic rings. The summed E-state index contributed by atoms with van der Waals surface area (Å²) in [5.74, 6) is 1.92. The van der Waals surface area contributed by atoms with E-state index in [1.807, 2.05) is 4.90 Å². The summed E-state index contributed by atoms with van der Waals surface area (Å²) in [6, 6.07) is 5.32. The Labute approximate surface area is 157 Å². The number of H-pyrrole nitrogens is 1. The molecular formula is C20H23N3O4. The highest BCUT2D eigenvalue weighted by molar-refractivity contribution is 6.00. The van der Waals surface area contributed by atoms with Gasteiger partial charge in [0, 0.05) is 24.6 Å². The zero-order valence-corrected chi connectivity index (χ0v) is 15.7. The summed E-state index contributed by atoms with van der Waals surface area (Å²) in [4.78, 5) is 34.8. The van der Waals surface area contributed by atoms with Gasteiger partial charge in [-0.25, -0.2) is 4.98 Å². The van der Waals surface area contributed by atoms with Crippen LogP contribution in [0.5, 0.6) is 11.5 Å². The van der Waals surface area contributed by atoms with E-state index in [1.54, 1.807) is 39.3 Å². The molecule has 7 heteroatoms. The largest absolute Gasteiger partial charge is 0.496 e. The molecule has 7 nitrogen and oxygen atoms in total. The Bertz CT molecular complexity index is 930. The Morgan fingerprint density at radius 3 is 2.59 bits per heavy atom. The summed E-state index contributed by atoms with van der Waals surface area (Å²) in [5.41, 5.74) is 2.02. The van der Waals surface area contributed by atoms with Crippen LogP contribution < -0.4 is 15.0 Å². The number of likely N-dealkylation sites (tertiary alicyclic amines) is 1. The Morgan fingerprint density at radius 1 is 1.22 bits per heavy atom. The fraction of sp³-hybridized carbons (Fsp3) is 0.450. The molecular weight excluding hydrogens is 346 g/mol. The molecule has 1 aromatic heterocycles. The van der Waals surface area contributed by atoms with Gasteiger partial charge in [-0.1, -0.05) is 6.07 Å². The summed E-state index contributed by atoms with van der Waals surface area (Å²) in [6.45, 7) is 2.99. The number of carbonyl (C=O) groups is 1. The molecule has 1 fully saturated rings. The number of methoxy groups -OCH3 is 2. The molecule has 1 aromatic carbocycles. The summed E-state index contributed by atoms with van der Waals surface area (Å²) >= 11 is 0. The van der Waals surface area contributed by atoms with E-state index < -0.39 is 0 Å². The average molecular weight is 369 g/mol. The highest BCUT2D eigenvalue weighted by Gasteiger charge is 2.42. The third-order valence-electron chi connectivity index (χ3n) is 5.65. The van der Waals surface area contributed by atoms with Crippen molar-refractivity contribution >= 4 is 5.91 Å². The second kappa shape index (κ2) is 6.72. The van der Waals surface area contributed by atoms with Gasteiger partial charge in [0.1, 0.15) is 22.9 Å². The lowest BCUT2D eigenvalue weighted by Gasteiger charge is -2.25. The molecule has 0 saturated carbocycles. The van der Waals surface area contributed by atoms with Crippen LogP contribution in [0.3, 0.4) is 0 Å². The van der Waals surface area contributed by atoms with Gasteiger partial charge in [-0.3, -0.25) is 9.59 Å². The first-order valence-corrected chi connectivity index (χ1v) is 9.13. The van der Waals surface area contributed by atoms with Crippen molar-refractivity contribution < 1.29 is 14.3 Å². The monoisotopic (exact) mass is 369 g/mol. The van der Waals surface area contributed by atoms with Crippen molar-refractivity contribution in [1.82, 2.24) is 14.9 Å². The van der Waals surface area contributed by atoms with Crippen molar-refractivity contribution in [3.05, 3.63) is 51.2 Å². The van der Waals surface area contributed by atoms with E-state index in [9.17, 15) is 9.59 Å². The van der Waals surface area contributed by atoms with Gasteiger partial charge < -0.3 is 19.4 Å². The second-order valence-electron chi connectivity index (χ2n) is 7.17. The predicted molar refractivity (Wildman–Crippen MR) is 99.6 cm³/mol. The van der Waals surface area contributed by atoms with Gasteiger partial charge in [-0.15, -0.1) is 0 Å². The number of aromatic nitrogens is 2. The Balaban J connectivity index is 1.68. The third kappa shape index (κ3) is 2.87. The zero-order valence-electron chi connectivity index (χ0n) is 15.7. The van der Waals surface area contributed by atoms with E-state index >= 15 is 0 Å². The zero-order chi connectivity index (χ0) is 19.1. The van der Waals surface area contributed by atoms with Crippen molar-refractivity contribution in [2.45, 2.75) is 25.7 Å². The summed E-state index contributed by atoms with van der Waals surface area (Å²) < 4.78 is 10.8. The van der Waals surface area contributed by atoms with E-state index in [1.165, 1.54) is 0 Å². The molecule has 0 spiro atoms. The van der Waals surface area contributed by atoms with Crippen LogP contribution in [0, 0.1) is 12.8 Å². The van der Waals surface area contributed by atoms with Crippen LogP contribution in [0.2, 0.25) is 0 Å². The number of amides is 1. The maximum Gasteiger partial charge on any atom is 0.261 e. The second-order valence-corrected chi connectivity index (χ2v) is 7.17. The molecule has 1 saturated heterocycles. The number of aromatic amines is 1. The standard InChI is InChI=1S/C20H23N3O4/c1-11-21-18-13(19(24)22-11)8-7-12-9-23(10-14(12)18)20(25)17-15(26-2)5-4-6-16(17)27-3/h4-6,12,14H,7-10H2,1-3H3,(H,21,22,24)/t12-,14+/m1/s1. The fourth-order valence-electron chi connectivity index (χ4n) is 4.37. The van der Waals surface area contributed by atoms with Crippen molar-refractivity contribution in [3.63, 3.8) is 0 Å². The topological polar surface area (TPSA) is 84.5 Å². The lowest BCUT2D eigenvalue weighted by atomic mass is 9.80. The van der Waals surface area contributed by atoms with Crippen LogP contribution in [-0.4, -0.2) is 48.1 Å². The molecule has 1 N–H and O–H groups in total. The highest BCUT2D eigenvalue weighted by Crippen LogP contribution is 2.41. The van der Waals surface area contributed by atoms with Crippen LogP contribution in [0.4, 0.5) is 0 Å². The molecule has 1 amide bonds. The lowest BCUT2D eigenvalue weighted by molar-refractivity contribution is 0.0779. The first-order valence-electron chi connectivity index (χ1n) is 9.13. The maximum atomic E-state index is 13.3. The number of aryl methyl sites for hydroxylation is 1. The van der Waals surface area contributed by atoms with Crippen molar-refractivity contribution in [3.8, 4) is 11.5 Å². The van der Waals surface area contributed by atoms with E-state index in [-0.39, 0.29) is 17.4 Å². The van der Waals surface area contributed by atoms with Gasteiger partial charge in [-0.05, 0) is 37.8 Å². The van der Waals surface area contributed by atoms with Crippen LogP contribution in [-0.2, 0) is 6.42 Å². The van der Waals surface area contributed by atoms with Crippen LogP contribution in [0.15, 0.2) is 23.0 Å². The van der Waals surface area contributed by atoms with Crippen molar-refractivity contribution in [2.24, 2.45) is 5.92 Å². The van der Waals surface area contributed by atoms with Crippen LogP contribution in [0.1, 0.15) is 39.8 Å². The molecule has 0 bridgehead atoms. The summed E-state index contributed by atoms with van der Waals surface area (Å²) in [6.07, 6.45) is 1.59. The van der Waals surface area contributed by atoms with E-state index in [0.717, 1.165) is 17.7 Å². The summed E-state index contributed by atoms with van der Waals surface area (Å²) in [7, 11) is 3.09. The fourth-order valence-corrected chi connectivity index (χ4v) is 4.37. The minimum atomic E-state index is -0.109. The predicted octanol–water partition coefficient (Wildman–Crippen LogP) is 1.90. The molecule has 2 heterocycles. The number of hydrogen-bond donors (Lipinski definition) is 1. The van der Waals surface area contributed by atoms with Gasteiger partial charge in [0.25, 0.3) is 11.5 Å². The number of nitrogens with one attached hydrogen (secondary N) is 1. The SMILES string of the molecule is COc1cccc(OC)c1C(=O)N1C[C@H]2CCc3c(nc(C)[nH]c3=O)[C@H]2C1. The number of hydrogen-bond acceptors (Lipinski definition) is 5. The third-order valence-corrected chi connectivity index (χ3v) is 5.65. The number of rotatable bonds is 3. The molecule has 142 valence electrons. The van der Waals surface area contributed by atoms with Gasteiger partial charge in [-0.2, -0.15) is 0 Å². The van der Waals surface area contributed by atoms with Crippen molar-refractivity contribution in [2.75, 3.05) is 27.3 Å². The number of benzene rings is 1. The van der Waals surface area contributed by atoms with Crippen LogP contribution in [0.25, 0.3) is 0 Å². The van der Waals surface area contributed by atoms with Gasteiger partial charge >= 0.3 is 0 Å².